The lowest BCUT2D eigenvalue weighted by molar-refractivity contribution is 0.294. The summed E-state index contributed by atoms with van der Waals surface area (Å²) in [4.78, 5) is 2.41. The zero-order valence-electron chi connectivity index (χ0n) is 8.95. The van der Waals surface area contributed by atoms with E-state index in [1.165, 1.54) is 11.5 Å². The first-order chi connectivity index (χ1) is 7.79. The smallest absolute Gasteiger partial charge is 0.0992 e. The van der Waals surface area contributed by atoms with Gasteiger partial charge >= 0.3 is 0 Å². The Hall–Kier alpha value is -0.690. The second-order valence-corrected chi connectivity index (χ2v) is 5.44. The molecular formula is C12H13ClN2S. The van der Waals surface area contributed by atoms with Gasteiger partial charge in [0.2, 0.25) is 0 Å². The lowest BCUT2D eigenvalue weighted by atomic mass is 10.1. The molecule has 1 aromatic carbocycles. The van der Waals surface area contributed by atoms with E-state index in [0.29, 0.717) is 10.6 Å². The Morgan fingerprint density at radius 3 is 2.75 bits per heavy atom. The summed E-state index contributed by atoms with van der Waals surface area (Å²) in [5.41, 5.74) is 1.75. The molecule has 0 saturated carbocycles. The van der Waals surface area contributed by atoms with Gasteiger partial charge in [-0.3, -0.25) is 4.90 Å². The minimum Gasteiger partial charge on any atom is -0.297 e. The molecule has 0 amide bonds. The summed E-state index contributed by atoms with van der Waals surface area (Å²) in [6.07, 6.45) is 0. The average Bonchev–Trinajstić information content (AvgIpc) is 2.33. The van der Waals surface area contributed by atoms with Crippen molar-refractivity contribution in [3.63, 3.8) is 0 Å². The third kappa shape index (κ3) is 2.91. The first-order valence-electron chi connectivity index (χ1n) is 5.28. The Morgan fingerprint density at radius 1 is 1.38 bits per heavy atom. The Bertz CT molecular complexity index is 408. The molecule has 1 saturated heterocycles. The van der Waals surface area contributed by atoms with Gasteiger partial charge in [0.1, 0.15) is 0 Å². The maximum absolute atomic E-state index is 8.75. The summed E-state index contributed by atoms with van der Waals surface area (Å²) in [5, 5.41) is 9.46. The number of nitriles is 1. The monoisotopic (exact) mass is 252 g/mol. The maximum atomic E-state index is 8.75. The van der Waals surface area contributed by atoms with Crippen molar-refractivity contribution in [3.8, 4) is 6.07 Å². The zero-order valence-corrected chi connectivity index (χ0v) is 10.5. The van der Waals surface area contributed by atoms with Crippen molar-refractivity contribution >= 4 is 23.4 Å². The summed E-state index contributed by atoms with van der Waals surface area (Å²) in [6, 6.07) is 7.64. The molecule has 1 aromatic rings. The van der Waals surface area contributed by atoms with Crippen LogP contribution in [0.4, 0.5) is 0 Å². The molecule has 0 bridgehead atoms. The summed E-state index contributed by atoms with van der Waals surface area (Å²) >= 11 is 8.15. The zero-order chi connectivity index (χ0) is 11.4. The van der Waals surface area contributed by atoms with Crippen molar-refractivity contribution in [2.75, 3.05) is 24.6 Å². The SMILES string of the molecule is N#Cc1ccc(CN2CCSCC2)c(Cl)c1. The molecule has 0 radical (unpaired) electrons. The van der Waals surface area contributed by atoms with E-state index in [1.807, 2.05) is 23.9 Å². The van der Waals surface area contributed by atoms with E-state index in [4.69, 9.17) is 16.9 Å². The van der Waals surface area contributed by atoms with Gasteiger partial charge in [-0.25, -0.2) is 0 Å². The highest BCUT2D eigenvalue weighted by Gasteiger charge is 2.12. The molecule has 16 heavy (non-hydrogen) atoms. The van der Waals surface area contributed by atoms with Crippen LogP contribution in [-0.2, 0) is 6.54 Å². The lowest BCUT2D eigenvalue weighted by Crippen LogP contribution is -2.32. The molecule has 0 N–H and O–H groups in total. The Kier molecular flexibility index (Phi) is 4.11. The first-order valence-corrected chi connectivity index (χ1v) is 6.81. The van der Waals surface area contributed by atoms with Gasteiger partial charge in [0.25, 0.3) is 0 Å². The topological polar surface area (TPSA) is 27.0 Å². The van der Waals surface area contributed by atoms with E-state index < -0.39 is 0 Å². The molecule has 0 aliphatic carbocycles. The molecule has 2 rings (SSSR count). The summed E-state index contributed by atoms with van der Waals surface area (Å²) in [7, 11) is 0. The van der Waals surface area contributed by atoms with E-state index in [2.05, 4.69) is 11.0 Å². The van der Waals surface area contributed by atoms with E-state index in [-0.39, 0.29) is 0 Å². The molecule has 0 atom stereocenters. The molecule has 0 unspecified atom stereocenters. The lowest BCUT2D eigenvalue weighted by Gasteiger charge is -2.26. The summed E-state index contributed by atoms with van der Waals surface area (Å²) in [5.74, 6) is 2.40. The van der Waals surface area contributed by atoms with Gasteiger partial charge in [0, 0.05) is 36.2 Å². The van der Waals surface area contributed by atoms with Crippen molar-refractivity contribution in [1.29, 1.82) is 5.26 Å². The Balaban J connectivity index is 2.06. The van der Waals surface area contributed by atoms with Gasteiger partial charge in [0.15, 0.2) is 0 Å². The fourth-order valence-electron chi connectivity index (χ4n) is 1.75. The molecule has 1 heterocycles. The molecule has 1 aliphatic rings. The van der Waals surface area contributed by atoms with E-state index in [9.17, 15) is 0 Å². The number of hydrogen-bond donors (Lipinski definition) is 0. The van der Waals surface area contributed by atoms with Crippen molar-refractivity contribution < 1.29 is 0 Å². The van der Waals surface area contributed by atoms with Crippen LogP contribution in [0.15, 0.2) is 18.2 Å². The fourth-order valence-corrected chi connectivity index (χ4v) is 2.96. The van der Waals surface area contributed by atoms with Crippen LogP contribution < -0.4 is 0 Å². The van der Waals surface area contributed by atoms with Crippen LogP contribution in [-0.4, -0.2) is 29.5 Å². The molecule has 1 fully saturated rings. The molecule has 4 heteroatoms. The van der Waals surface area contributed by atoms with Gasteiger partial charge in [-0.15, -0.1) is 0 Å². The van der Waals surface area contributed by atoms with Crippen LogP contribution in [0.1, 0.15) is 11.1 Å². The largest absolute Gasteiger partial charge is 0.297 e. The number of thioether (sulfide) groups is 1. The fraction of sp³-hybridized carbons (Fsp3) is 0.417. The summed E-state index contributed by atoms with van der Waals surface area (Å²) in [6.45, 7) is 3.15. The van der Waals surface area contributed by atoms with Gasteiger partial charge in [-0.1, -0.05) is 17.7 Å². The standard InChI is InChI=1S/C12H13ClN2S/c13-12-7-10(8-14)1-2-11(12)9-15-3-5-16-6-4-15/h1-2,7H,3-6,9H2. The third-order valence-corrected chi connectivity index (χ3v) is 3.97. The maximum Gasteiger partial charge on any atom is 0.0992 e. The molecule has 84 valence electrons. The first kappa shape index (κ1) is 11.8. The van der Waals surface area contributed by atoms with Gasteiger partial charge in [0.05, 0.1) is 11.6 Å². The minimum atomic E-state index is 0.628. The third-order valence-electron chi connectivity index (χ3n) is 2.68. The molecule has 0 aromatic heterocycles. The Morgan fingerprint density at radius 2 is 2.12 bits per heavy atom. The second kappa shape index (κ2) is 5.58. The average molecular weight is 253 g/mol. The number of rotatable bonds is 2. The van der Waals surface area contributed by atoms with Gasteiger partial charge in [-0.05, 0) is 17.7 Å². The molecule has 2 nitrogen and oxygen atoms in total. The predicted molar refractivity (Wildman–Crippen MR) is 68.8 cm³/mol. The van der Waals surface area contributed by atoms with Gasteiger partial charge in [-0.2, -0.15) is 17.0 Å². The van der Waals surface area contributed by atoms with Gasteiger partial charge < -0.3 is 0 Å². The van der Waals surface area contributed by atoms with Crippen LogP contribution in [0.5, 0.6) is 0 Å². The van der Waals surface area contributed by atoms with Crippen LogP contribution in [0.3, 0.4) is 0 Å². The quantitative estimate of drug-likeness (QED) is 0.810. The Labute approximate surface area is 105 Å². The summed E-state index contributed by atoms with van der Waals surface area (Å²) < 4.78 is 0. The van der Waals surface area contributed by atoms with E-state index in [0.717, 1.165) is 25.2 Å². The molecular weight excluding hydrogens is 240 g/mol. The number of hydrogen-bond acceptors (Lipinski definition) is 3. The van der Waals surface area contributed by atoms with Crippen LogP contribution in [0.2, 0.25) is 5.02 Å². The normalized spacial score (nSPS) is 17.0. The van der Waals surface area contributed by atoms with Crippen molar-refractivity contribution in [2.45, 2.75) is 6.54 Å². The number of nitrogens with zero attached hydrogens (tertiary/aromatic N) is 2. The number of benzene rings is 1. The minimum absolute atomic E-state index is 0.628. The molecule has 0 spiro atoms. The van der Waals surface area contributed by atoms with Crippen LogP contribution >= 0.6 is 23.4 Å². The van der Waals surface area contributed by atoms with Crippen LogP contribution in [0, 0.1) is 11.3 Å². The second-order valence-electron chi connectivity index (χ2n) is 3.81. The van der Waals surface area contributed by atoms with E-state index >= 15 is 0 Å². The van der Waals surface area contributed by atoms with Crippen molar-refractivity contribution in [2.24, 2.45) is 0 Å². The molecule has 1 aliphatic heterocycles. The van der Waals surface area contributed by atoms with E-state index in [1.54, 1.807) is 6.07 Å². The highest BCUT2D eigenvalue weighted by molar-refractivity contribution is 7.99. The van der Waals surface area contributed by atoms with Crippen molar-refractivity contribution in [3.05, 3.63) is 34.3 Å². The predicted octanol–water partition coefficient (Wildman–Crippen LogP) is 2.76. The van der Waals surface area contributed by atoms with Crippen LogP contribution in [0.25, 0.3) is 0 Å². The highest BCUT2D eigenvalue weighted by atomic mass is 35.5. The highest BCUT2D eigenvalue weighted by Crippen LogP contribution is 2.21. The number of halogens is 1. The van der Waals surface area contributed by atoms with Crippen molar-refractivity contribution in [1.82, 2.24) is 4.90 Å².